The summed E-state index contributed by atoms with van der Waals surface area (Å²) >= 11 is 0. The molecule has 2 aromatic rings. The second kappa shape index (κ2) is 8.33. The summed E-state index contributed by atoms with van der Waals surface area (Å²) in [5.74, 6) is 0.0816. The first kappa shape index (κ1) is 18.5. The lowest BCUT2D eigenvalue weighted by atomic mass is 10.1. The molecule has 0 radical (unpaired) electrons. The zero-order valence-electron chi connectivity index (χ0n) is 15.1. The normalized spacial score (nSPS) is 10.4. The summed E-state index contributed by atoms with van der Waals surface area (Å²) in [6.07, 6.45) is 0.933. The van der Waals surface area contributed by atoms with Crippen LogP contribution >= 0.6 is 0 Å². The Morgan fingerprint density at radius 1 is 1.04 bits per heavy atom. The first-order valence-corrected chi connectivity index (χ1v) is 8.33. The van der Waals surface area contributed by atoms with Gasteiger partial charge in [0.15, 0.2) is 0 Å². The highest BCUT2D eigenvalue weighted by molar-refractivity contribution is 6.04. The molecule has 0 bridgehead atoms. The summed E-state index contributed by atoms with van der Waals surface area (Å²) in [4.78, 5) is 24.2. The molecular formula is C20H24N2O3. The Hall–Kier alpha value is -2.82. The lowest BCUT2D eigenvalue weighted by Crippen LogP contribution is -2.18. The molecule has 5 heteroatoms. The standard InChI is InChI=1S/C20H24N2O3/c1-5-14-6-8-15(9-7-14)20(24)21-16-10-11-17(18(12-16)25-4)22-19(23)13(2)3/h6-13H,5H2,1-4H3,(H,21,24)(H,22,23). The van der Waals surface area contributed by atoms with Gasteiger partial charge in [-0.15, -0.1) is 0 Å². The number of rotatable bonds is 6. The summed E-state index contributed by atoms with van der Waals surface area (Å²) in [6, 6.07) is 12.6. The molecule has 2 N–H and O–H groups in total. The average Bonchev–Trinajstić information content (AvgIpc) is 2.62. The molecular weight excluding hydrogens is 316 g/mol. The van der Waals surface area contributed by atoms with Gasteiger partial charge in [-0.1, -0.05) is 32.9 Å². The minimum atomic E-state index is -0.191. The highest BCUT2D eigenvalue weighted by atomic mass is 16.5. The fourth-order valence-electron chi connectivity index (χ4n) is 2.24. The first-order valence-electron chi connectivity index (χ1n) is 8.33. The van der Waals surface area contributed by atoms with E-state index in [1.807, 2.05) is 38.1 Å². The van der Waals surface area contributed by atoms with Crippen LogP contribution in [0.15, 0.2) is 42.5 Å². The van der Waals surface area contributed by atoms with Crippen LogP contribution in [0, 0.1) is 5.92 Å². The molecule has 0 saturated heterocycles. The van der Waals surface area contributed by atoms with E-state index in [1.54, 1.807) is 18.2 Å². The number of anilines is 2. The maximum Gasteiger partial charge on any atom is 0.255 e. The molecule has 2 amide bonds. The molecule has 5 nitrogen and oxygen atoms in total. The van der Waals surface area contributed by atoms with Crippen LogP contribution in [0.4, 0.5) is 11.4 Å². The number of nitrogens with one attached hydrogen (secondary N) is 2. The SMILES string of the molecule is CCc1ccc(C(=O)Nc2ccc(NC(=O)C(C)C)c(OC)c2)cc1. The molecule has 0 heterocycles. The Labute approximate surface area is 148 Å². The second-order valence-corrected chi connectivity index (χ2v) is 6.06. The van der Waals surface area contributed by atoms with Crippen LogP contribution in [-0.4, -0.2) is 18.9 Å². The Morgan fingerprint density at radius 2 is 1.72 bits per heavy atom. The Morgan fingerprint density at radius 3 is 2.28 bits per heavy atom. The van der Waals surface area contributed by atoms with E-state index in [2.05, 4.69) is 17.6 Å². The van der Waals surface area contributed by atoms with Crippen LogP contribution in [0.2, 0.25) is 0 Å². The molecule has 2 aromatic carbocycles. The molecule has 25 heavy (non-hydrogen) atoms. The van der Waals surface area contributed by atoms with Crippen LogP contribution in [0.5, 0.6) is 5.75 Å². The lowest BCUT2D eigenvalue weighted by Gasteiger charge is -2.14. The van der Waals surface area contributed by atoms with E-state index in [9.17, 15) is 9.59 Å². The lowest BCUT2D eigenvalue weighted by molar-refractivity contribution is -0.118. The average molecular weight is 340 g/mol. The molecule has 0 aliphatic carbocycles. The molecule has 0 aromatic heterocycles. The predicted molar refractivity (Wildman–Crippen MR) is 100 cm³/mol. The van der Waals surface area contributed by atoms with E-state index in [0.717, 1.165) is 6.42 Å². The summed E-state index contributed by atoms with van der Waals surface area (Å²) in [6.45, 7) is 5.71. The predicted octanol–water partition coefficient (Wildman–Crippen LogP) is 4.10. The molecule has 0 aliphatic rings. The highest BCUT2D eigenvalue weighted by Gasteiger charge is 2.12. The number of amides is 2. The molecule has 0 atom stereocenters. The monoisotopic (exact) mass is 340 g/mol. The van der Waals surface area contributed by atoms with Crippen molar-refractivity contribution >= 4 is 23.2 Å². The Kier molecular flexibility index (Phi) is 6.17. The van der Waals surface area contributed by atoms with Crippen molar-refractivity contribution in [3.05, 3.63) is 53.6 Å². The minimum absolute atomic E-state index is 0.0916. The number of hydrogen-bond acceptors (Lipinski definition) is 3. The first-order chi connectivity index (χ1) is 11.9. The van der Waals surface area contributed by atoms with Gasteiger partial charge < -0.3 is 15.4 Å². The highest BCUT2D eigenvalue weighted by Crippen LogP contribution is 2.28. The molecule has 0 aliphatic heterocycles. The van der Waals surface area contributed by atoms with E-state index in [1.165, 1.54) is 12.7 Å². The summed E-state index contributed by atoms with van der Waals surface area (Å²) in [5, 5.41) is 5.65. The number of ether oxygens (including phenoxy) is 1. The van der Waals surface area contributed by atoms with Gasteiger partial charge in [0.1, 0.15) is 5.75 Å². The quantitative estimate of drug-likeness (QED) is 0.832. The maximum absolute atomic E-state index is 12.3. The van der Waals surface area contributed by atoms with Gasteiger partial charge in [-0.2, -0.15) is 0 Å². The molecule has 0 saturated carbocycles. The fraction of sp³-hybridized carbons (Fsp3) is 0.300. The fourth-order valence-corrected chi connectivity index (χ4v) is 2.24. The van der Waals surface area contributed by atoms with Gasteiger partial charge in [0.25, 0.3) is 5.91 Å². The van der Waals surface area contributed by atoms with Gasteiger partial charge in [0.2, 0.25) is 5.91 Å². The Balaban J connectivity index is 2.13. The van der Waals surface area contributed by atoms with E-state index >= 15 is 0 Å². The van der Waals surface area contributed by atoms with Crippen molar-refractivity contribution < 1.29 is 14.3 Å². The third-order valence-electron chi connectivity index (χ3n) is 3.87. The van der Waals surface area contributed by atoms with Crippen LogP contribution < -0.4 is 15.4 Å². The number of carbonyl (C=O) groups excluding carboxylic acids is 2. The molecule has 0 spiro atoms. The van der Waals surface area contributed by atoms with Gasteiger partial charge in [-0.25, -0.2) is 0 Å². The van der Waals surface area contributed by atoms with Gasteiger partial charge in [-0.3, -0.25) is 9.59 Å². The van der Waals surface area contributed by atoms with Crippen LogP contribution in [-0.2, 0) is 11.2 Å². The zero-order chi connectivity index (χ0) is 18.4. The maximum atomic E-state index is 12.3. The summed E-state index contributed by atoms with van der Waals surface area (Å²) in [7, 11) is 1.52. The van der Waals surface area contributed by atoms with Crippen LogP contribution in [0.25, 0.3) is 0 Å². The van der Waals surface area contributed by atoms with Crippen LogP contribution in [0.1, 0.15) is 36.7 Å². The van der Waals surface area contributed by atoms with Gasteiger partial charge in [0.05, 0.1) is 12.8 Å². The van der Waals surface area contributed by atoms with Crippen molar-refractivity contribution in [1.82, 2.24) is 0 Å². The number of aryl methyl sites for hydroxylation is 1. The summed E-state index contributed by atoms with van der Waals surface area (Å²) in [5.41, 5.74) is 2.95. The molecule has 132 valence electrons. The molecule has 0 fully saturated rings. The topological polar surface area (TPSA) is 67.4 Å². The minimum Gasteiger partial charge on any atom is -0.494 e. The smallest absolute Gasteiger partial charge is 0.255 e. The van der Waals surface area contributed by atoms with Crippen molar-refractivity contribution in [2.24, 2.45) is 5.92 Å². The van der Waals surface area contributed by atoms with Crippen molar-refractivity contribution in [2.45, 2.75) is 27.2 Å². The number of methoxy groups -OCH3 is 1. The second-order valence-electron chi connectivity index (χ2n) is 6.06. The van der Waals surface area contributed by atoms with Crippen LogP contribution in [0.3, 0.4) is 0 Å². The largest absolute Gasteiger partial charge is 0.494 e. The zero-order valence-corrected chi connectivity index (χ0v) is 15.1. The third-order valence-corrected chi connectivity index (χ3v) is 3.87. The van der Waals surface area contributed by atoms with Gasteiger partial charge in [0, 0.05) is 23.2 Å². The van der Waals surface area contributed by atoms with E-state index in [-0.39, 0.29) is 17.7 Å². The number of hydrogen-bond donors (Lipinski definition) is 2. The molecule has 0 unspecified atom stereocenters. The number of carbonyl (C=O) groups is 2. The van der Waals surface area contributed by atoms with Crippen molar-refractivity contribution in [2.75, 3.05) is 17.7 Å². The van der Waals surface area contributed by atoms with Gasteiger partial charge in [-0.05, 0) is 36.2 Å². The van der Waals surface area contributed by atoms with E-state index < -0.39 is 0 Å². The van der Waals surface area contributed by atoms with E-state index in [0.29, 0.717) is 22.7 Å². The molecule has 2 rings (SSSR count). The summed E-state index contributed by atoms with van der Waals surface area (Å²) < 4.78 is 5.32. The van der Waals surface area contributed by atoms with E-state index in [4.69, 9.17) is 4.74 Å². The van der Waals surface area contributed by atoms with Gasteiger partial charge >= 0.3 is 0 Å². The Bertz CT molecular complexity index is 752. The van der Waals surface area contributed by atoms with Crippen molar-refractivity contribution in [3.8, 4) is 5.75 Å². The van der Waals surface area contributed by atoms with Crippen molar-refractivity contribution in [1.29, 1.82) is 0 Å². The third kappa shape index (κ3) is 4.83. The van der Waals surface area contributed by atoms with Crippen molar-refractivity contribution in [3.63, 3.8) is 0 Å². The number of benzene rings is 2.